The molecule has 0 aliphatic carbocycles. The van der Waals surface area contributed by atoms with Crippen molar-refractivity contribution in [2.45, 2.75) is 12.8 Å². The second-order valence-corrected chi connectivity index (χ2v) is 5.19. The van der Waals surface area contributed by atoms with Gasteiger partial charge in [-0.2, -0.15) is 4.98 Å². The zero-order chi connectivity index (χ0) is 17.8. The van der Waals surface area contributed by atoms with Crippen LogP contribution in [-0.4, -0.2) is 16.0 Å². The van der Waals surface area contributed by atoms with Crippen molar-refractivity contribution in [3.8, 4) is 11.4 Å². The van der Waals surface area contributed by atoms with Crippen LogP contribution < -0.4 is 5.32 Å². The molecule has 0 unspecified atom stereocenters. The number of benzene rings is 2. The van der Waals surface area contributed by atoms with E-state index in [9.17, 15) is 18.0 Å². The molecule has 0 aliphatic rings. The smallest absolute Gasteiger partial charge is 0.227 e. The molecular weight excluding hydrogens is 335 g/mol. The summed E-state index contributed by atoms with van der Waals surface area (Å²) in [6.07, 6.45) is 0.116. The molecule has 0 aliphatic heterocycles. The van der Waals surface area contributed by atoms with E-state index in [0.717, 1.165) is 12.1 Å². The van der Waals surface area contributed by atoms with Crippen LogP contribution in [0.1, 0.15) is 12.3 Å². The highest BCUT2D eigenvalue weighted by Crippen LogP contribution is 2.18. The minimum absolute atomic E-state index is 0.0259. The molecule has 0 spiro atoms. The Kier molecular flexibility index (Phi) is 4.78. The normalized spacial score (nSPS) is 10.7. The Hall–Kier alpha value is -3.16. The summed E-state index contributed by atoms with van der Waals surface area (Å²) in [5.41, 5.74) is 0.471. The number of rotatable bonds is 5. The Morgan fingerprint density at radius 1 is 1.04 bits per heavy atom. The Bertz CT molecular complexity index is 894. The highest BCUT2D eigenvalue weighted by Gasteiger charge is 2.12. The van der Waals surface area contributed by atoms with Crippen LogP contribution in [0.5, 0.6) is 0 Å². The van der Waals surface area contributed by atoms with Gasteiger partial charge in [0.25, 0.3) is 0 Å². The summed E-state index contributed by atoms with van der Waals surface area (Å²) in [5, 5.41) is 6.10. The maximum absolute atomic E-state index is 13.5. The first-order valence-corrected chi connectivity index (χ1v) is 7.35. The van der Waals surface area contributed by atoms with Gasteiger partial charge in [-0.1, -0.05) is 5.16 Å². The lowest BCUT2D eigenvalue weighted by molar-refractivity contribution is -0.116. The van der Waals surface area contributed by atoms with Gasteiger partial charge in [0.1, 0.15) is 17.5 Å². The maximum atomic E-state index is 13.5. The molecule has 5 nitrogen and oxygen atoms in total. The molecule has 0 fully saturated rings. The topological polar surface area (TPSA) is 68.0 Å². The molecule has 3 aromatic rings. The minimum Gasteiger partial charge on any atom is -0.339 e. The molecule has 0 atom stereocenters. The van der Waals surface area contributed by atoms with E-state index >= 15 is 0 Å². The van der Waals surface area contributed by atoms with Crippen LogP contribution in [0.4, 0.5) is 18.9 Å². The van der Waals surface area contributed by atoms with E-state index in [0.29, 0.717) is 11.6 Å². The zero-order valence-corrected chi connectivity index (χ0v) is 12.8. The minimum atomic E-state index is -0.857. The second-order valence-electron chi connectivity index (χ2n) is 5.19. The van der Waals surface area contributed by atoms with Gasteiger partial charge in [0.15, 0.2) is 0 Å². The van der Waals surface area contributed by atoms with Crippen molar-refractivity contribution in [1.29, 1.82) is 0 Å². The Labute approximate surface area is 140 Å². The second kappa shape index (κ2) is 7.16. The molecule has 8 heteroatoms. The van der Waals surface area contributed by atoms with Crippen LogP contribution in [0.3, 0.4) is 0 Å². The third kappa shape index (κ3) is 4.23. The largest absolute Gasteiger partial charge is 0.339 e. The predicted molar refractivity (Wildman–Crippen MR) is 83.0 cm³/mol. The SMILES string of the molecule is O=C(CCc1nc(-c2ccc(F)cc2)no1)Nc1ccc(F)cc1F. The quantitative estimate of drug-likeness (QED) is 0.764. The molecule has 0 radical (unpaired) electrons. The van der Waals surface area contributed by atoms with Gasteiger partial charge in [-0.15, -0.1) is 0 Å². The number of carbonyl (C=O) groups excluding carboxylic acids is 1. The summed E-state index contributed by atoms with van der Waals surface area (Å²) in [6, 6.07) is 8.43. The summed E-state index contributed by atoms with van der Waals surface area (Å²) < 4.78 is 44.2. The summed E-state index contributed by atoms with van der Waals surface area (Å²) in [6.45, 7) is 0. The number of aryl methyl sites for hydroxylation is 1. The van der Waals surface area contributed by atoms with Crippen LogP contribution in [0.15, 0.2) is 47.0 Å². The monoisotopic (exact) mass is 347 g/mol. The van der Waals surface area contributed by atoms with E-state index < -0.39 is 17.5 Å². The lowest BCUT2D eigenvalue weighted by Gasteiger charge is -2.05. The number of anilines is 1. The molecule has 2 aromatic carbocycles. The summed E-state index contributed by atoms with van der Waals surface area (Å²) >= 11 is 0. The number of hydrogen-bond donors (Lipinski definition) is 1. The molecule has 1 N–H and O–H groups in total. The molecule has 0 saturated heterocycles. The summed E-state index contributed by atoms with van der Waals surface area (Å²) in [4.78, 5) is 15.9. The van der Waals surface area contributed by atoms with Crippen LogP contribution in [0.2, 0.25) is 0 Å². The first kappa shape index (κ1) is 16.7. The molecule has 1 heterocycles. The summed E-state index contributed by atoms with van der Waals surface area (Å²) in [7, 11) is 0. The fraction of sp³-hybridized carbons (Fsp3) is 0.118. The van der Waals surface area contributed by atoms with Gasteiger partial charge in [-0.25, -0.2) is 13.2 Å². The van der Waals surface area contributed by atoms with E-state index in [2.05, 4.69) is 15.5 Å². The molecule has 128 valence electrons. The van der Waals surface area contributed by atoms with Crippen LogP contribution in [0, 0.1) is 17.5 Å². The fourth-order valence-corrected chi connectivity index (χ4v) is 2.10. The number of amides is 1. The predicted octanol–water partition coefficient (Wildman–Crippen LogP) is 3.73. The molecule has 1 amide bonds. The van der Waals surface area contributed by atoms with E-state index in [1.54, 1.807) is 0 Å². The highest BCUT2D eigenvalue weighted by atomic mass is 19.1. The van der Waals surface area contributed by atoms with Crippen LogP contribution in [0.25, 0.3) is 11.4 Å². The Morgan fingerprint density at radius 3 is 2.48 bits per heavy atom. The first-order chi connectivity index (χ1) is 12.0. The van der Waals surface area contributed by atoms with Crippen molar-refractivity contribution in [1.82, 2.24) is 10.1 Å². The lowest BCUT2D eigenvalue weighted by Crippen LogP contribution is -2.13. The van der Waals surface area contributed by atoms with E-state index in [1.165, 1.54) is 24.3 Å². The van der Waals surface area contributed by atoms with Crippen LogP contribution in [-0.2, 0) is 11.2 Å². The average Bonchev–Trinajstić information content (AvgIpc) is 3.05. The van der Waals surface area contributed by atoms with Gasteiger partial charge >= 0.3 is 0 Å². The fourth-order valence-electron chi connectivity index (χ4n) is 2.10. The van der Waals surface area contributed by atoms with Crippen molar-refractivity contribution in [3.05, 3.63) is 65.8 Å². The standard InChI is InChI=1S/C17H12F3N3O2/c18-11-3-1-10(2-4-11)17-22-16(25-23-17)8-7-15(24)21-14-6-5-12(19)9-13(14)20/h1-6,9H,7-8H2,(H,21,24). The van der Waals surface area contributed by atoms with Crippen molar-refractivity contribution < 1.29 is 22.5 Å². The third-order valence-electron chi connectivity index (χ3n) is 3.34. The van der Waals surface area contributed by atoms with Crippen LogP contribution >= 0.6 is 0 Å². The first-order valence-electron chi connectivity index (χ1n) is 7.35. The molecule has 3 rings (SSSR count). The van der Waals surface area contributed by atoms with E-state index in [-0.39, 0.29) is 36.1 Å². The summed E-state index contributed by atoms with van der Waals surface area (Å²) in [5.74, 6) is -1.95. The molecule has 0 bridgehead atoms. The van der Waals surface area contributed by atoms with Crippen molar-refractivity contribution in [2.75, 3.05) is 5.32 Å². The number of aromatic nitrogens is 2. The van der Waals surface area contributed by atoms with Crippen molar-refractivity contribution in [3.63, 3.8) is 0 Å². The maximum Gasteiger partial charge on any atom is 0.227 e. The molecule has 25 heavy (non-hydrogen) atoms. The van der Waals surface area contributed by atoms with E-state index in [4.69, 9.17) is 4.52 Å². The number of nitrogens with one attached hydrogen (secondary N) is 1. The third-order valence-corrected chi connectivity index (χ3v) is 3.34. The van der Waals surface area contributed by atoms with Crippen molar-refractivity contribution >= 4 is 11.6 Å². The Balaban J connectivity index is 1.58. The number of hydrogen-bond acceptors (Lipinski definition) is 4. The van der Waals surface area contributed by atoms with Gasteiger partial charge < -0.3 is 9.84 Å². The molecule has 1 aromatic heterocycles. The Morgan fingerprint density at radius 2 is 1.76 bits per heavy atom. The van der Waals surface area contributed by atoms with Gasteiger partial charge in [0.2, 0.25) is 17.6 Å². The van der Waals surface area contributed by atoms with Gasteiger partial charge in [-0.05, 0) is 36.4 Å². The van der Waals surface area contributed by atoms with Gasteiger partial charge in [0.05, 0.1) is 5.69 Å². The highest BCUT2D eigenvalue weighted by molar-refractivity contribution is 5.90. The average molecular weight is 347 g/mol. The van der Waals surface area contributed by atoms with Gasteiger partial charge in [-0.3, -0.25) is 4.79 Å². The van der Waals surface area contributed by atoms with Gasteiger partial charge in [0, 0.05) is 24.5 Å². The molecular formula is C17H12F3N3O2. The number of halogens is 3. The molecule has 0 saturated carbocycles. The zero-order valence-electron chi connectivity index (χ0n) is 12.8. The number of carbonyl (C=O) groups is 1. The number of nitrogens with zero attached hydrogens (tertiary/aromatic N) is 2. The van der Waals surface area contributed by atoms with Crippen molar-refractivity contribution in [2.24, 2.45) is 0 Å². The van der Waals surface area contributed by atoms with E-state index in [1.807, 2.05) is 0 Å². The lowest BCUT2D eigenvalue weighted by atomic mass is 10.2.